The number of rotatable bonds is 7. The molecule has 0 aromatic heterocycles. The number of nitrogens with one attached hydrogen (secondary N) is 1. The summed E-state index contributed by atoms with van der Waals surface area (Å²) in [4.78, 5) is 56.7. The number of hydrogen-bond donors (Lipinski definition) is 6. The number of allylic oxidation sites excluding steroid dienone is 1. The molecule has 3 unspecified atom stereocenters. The van der Waals surface area contributed by atoms with Crippen molar-refractivity contribution < 1.29 is 44.3 Å². The number of nitrogens with two attached hydrogens (primary N) is 1. The summed E-state index contributed by atoms with van der Waals surface area (Å²) >= 11 is 0. The first-order valence-electron chi connectivity index (χ1n) is 14.9. The molecule has 0 radical (unpaired) electrons. The van der Waals surface area contributed by atoms with E-state index in [4.69, 9.17) is 10.5 Å². The number of hydrogen-bond acceptors (Lipinski definition) is 11. The minimum atomic E-state index is -2.75. The average molecular weight is 637 g/mol. The molecule has 1 aromatic carbocycles. The van der Waals surface area contributed by atoms with Crippen LogP contribution in [0.1, 0.15) is 25.3 Å². The van der Waals surface area contributed by atoms with Crippen molar-refractivity contribution in [1.29, 1.82) is 0 Å². The van der Waals surface area contributed by atoms with Crippen LogP contribution < -0.4 is 15.8 Å². The Morgan fingerprint density at radius 3 is 2.22 bits per heavy atom. The van der Waals surface area contributed by atoms with E-state index < -0.39 is 81.2 Å². The highest BCUT2D eigenvalue weighted by molar-refractivity contribution is 6.24. The van der Waals surface area contributed by atoms with Crippen molar-refractivity contribution in [1.82, 2.24) is 15.1 Å². The maximum absolute atomic E-state index is 14.4. The fourth-order valence-corrected chi connectivity index (χ4v) is 7.77. The predicted octanol–water partition coefficient (Wildman–Crippen LogP) is 0.962. The van der Waals surface area contributed by atoms with Crippen molar-refractivity contribution in [3.05, 3.63) is 75.6 Å². The summed E-state index contributed by atoms with van der Waals surface area (Å²) in [6.07, 6.45) is 1.83. The molecule has 0 heterocycles. The summed E-state index contributed by atoms with van der Waals surface area (Å²) in [7, 11) is 8.29. The van der Waals surface area contributed by atoms with E-state index in [9.17, 15) is 39.6 Å². The molecule has 246 valence electrons. The highest BCUT2D eigenvalue weighted by Gasteiger charge is 2.66. The van der Waals surface area contributed by atoms with Gasteiger partial charge in [-0.3, -0.25) is 24.1 Å². The Morgan fingerprint density at radius 1 is 1.04 bits per heavy atom. The van der Waals surface area contributed by atoms with Crippen LogP contribution in [0.25, 0.3) is 0 Å². The fourth-order valence-electron chi connectivity index (χ4n) is 7.77. The molecule has 0 bridgehead atoms. The molecule has 4 aliphatic rings. The maximum Gasteiger partial charge on any atom is 0.255 e. The SMILES string of the molecule is COc1ccc(CC(=O)NC2=CC(N(C)C)C3C[C@@]4(C)CC5[C@@H](N(C)C)C(O)=C(C(N)=O)C(=O)[C@@]5(O)C(O)=C4C(=O)C3=C2O)cc1. The number of nitrogens with zero attached hydrogens (tertiary/aromatic N) is 2. The molecule has 0 aliphatic heterocycles. The summed E-state index contributed by atoms with van der Waals surface area (Å²) in [6, 6.07) is 5.35. The first-order valence-corrected chi connectivity index (χ1v) is 14.9. The summed E-state index contributed by atoms with van der Waals surface area (Å²) in [5.41, 5.74) is 1.05. The van der Waals surface area contributed by atoms with Gasteiger partial charge in [-0.2, -0.15) is 0 Å². The molecule has 6 atom stereocenters. The first kappa shape index (κ1) is 32.9. The highest BCUT2D eigenvalue weighted by atomic mass is 16.5. The number of likely N-dealkylation sites (N-methyl/N-ethyl adjacent to an activating group) is 2. The molecule has 5 rings (SSSR count). The number of ether oxygens (including phenoxy) is 1. The van der Waals surface area contributed by atoms with Crippen molar-refractivity contribution >= 4 is 23.4 Å². The number of Topliss-reactive ketones (excluding diaryl/α,β-unsaturated/α-hetero) is 2. The number of methoxy groups -OCH3 is 1. The number of fused-ring (bicyclic) bond motifs is 3. The van der Waals surface area contributed by atoms with Gasteiger partial charge in [-0.05, 0) is 64.8 Å². The van der Waals surface area contributed by atoms with Crippen LogP contribution >= 0.6 is 0 Å². The van der Waals surface area contributed by atoms with Gasteiger partial charge in [-0.1, -0.05) is 19.1 Å². The molecule has 1 fully saturated rings. The quantitative estimate of drug-likeness (QED) is 0.233. The van der Waals surface area contributed by atoms with Crippen LogP contribution in [0.15, 0.2) is 70.0 Å². The second-order valence-corrected chi connectivity index (χ2v) is 13.2. The number of ketones is 2. The van der Waals surface area contributed by atoms with E-state index in [1.54, 1.807) is 65.5 Å². The minimum absolute atomic E-state index is 0.0122. The van der Waals surface area contributed by atoms with Crippen molar-refractivity contribution in [2.24, 2.45) is 23.0 Å². The Labute approximate surface area is 266 Å². The van der Waals surface area contributed by atoms with Gasteiger partial charge in [-0.25, -0.2) is 0 Å². The van der Waals surface area contributed by atoms with Crippen molar-refractivity contribution in [2.75, 3.05) is 35.3 Å². The van der Waals surface area contributed by atoms with Crippen LogP contribution in [0.2, 0.25) is 0 Å². The topological polar surface area (TPSA) is 203 Å². The number of primary amides is 1. The normalized spacial score (nSPS) is 31.0. The third-order valence-electron chi connectivity index (χ3n) is 9.87. The molecule has 4 aliphatic carbocycles. The Kier molecular flexibility index (Phi) is 8.16. The van der Waals surface area contributed by atoms with Gasteiger partial charge in [0.05, 0.1) is 25.3 Å². The smallest absolute Gasteiger partial charge is 0.255 e. The lowest BCUT2D eigenvalue weighted by Crippen LogP contribution is -2.65. The van der Waals surface area contributed by atoms with E-state index >= 15 is 0 Å². The lowest BCUT2D eigenvalue weighted by molar-refractivity contribution is -0.151. The second-order valence-electron chi connectivity index (χ2n) is 13.2. The van der Waals surface area contributed by atoms with Crippen LogP contribution in [0.3, 0.4) is 0 Å². The molecule has 0 saturated heterocycles. The number of carbonyl (C=O) groups is 4. The highest BCUT2D eigenvalue weighted by Crippen LogP contribution is 2.59. The maximum atomic E-state index is 14.4. The minimum Gasteiger partial charge on any atom is -0.510 e. The zero-order valence-corrected chi connectivity index (χ0v) is 26.6. The van der Waals surface area contributed by atoms with Crippen LogP contribution in [0.4, 0.5) is 0 Å². The van der Waals surface area contributed by atoms with Gasteiger partial charge < -0.3 is 41.1 Å². The molecule has 13 nitrogen and oxygen atoms in total. The zero-order chi connectivity index (χ0) is 34.0. The Bertz CT molecular complexity index is 1650. The molecule has 2 amide bonds. The summed E-state index contributed by atoms with van der Waals surface area (Å²) < 4.78 is 5.16. The Morgan fingerprint density at radius 2 is 1.67 bits per heavy atom. The first-order chi connectivity index (χ1) is 21.5. The molecule has 1 saturated carbocycles. The van der Waals surface area contributed by atoms with E-state index in [2.05, 4.69) is 5.32 Å². The van der Waals surface area contributed by atoms with E-state index in [0.717, 1.165) is 0 Å². The lowest BCUT2D eigenvalue weighted by Gasteiger charge is -2.55. The van der Waals surface area contributed by atoms with Crippen LogP contribution in [0, 0.1) is 17.3 Å². The monoisotopic (exact) mass is 636 g/mol. The Hall–Kier alpha value is -4.46. The number of aliphatic hydroxyl groups is 4. The van der Waals surface area contributed by atoms with Gasteiger partial charge in [0.1, 0.15) is 28.6 Å². The van der Waals surface area contributed by atoms with Crippen molar-refractivity contribution in [2.45, 2.75) is 43.9 Å². The van der Waals surface area contributed by atoms with Gasteiger partial charge in [0.2, 0.25) is 11.7 Å². The number of amides is 2. The fraction of sp³-hybridized carbons (Fsp3) is 0.455. The molecular weight excluding hydrogens is 596 g/mol. The molecule has 46 heavy (non-hydrogen) atoms. The van der Waals surface area contributed by atoms with Crippen molar-refractivity contribution in [3.63, 3.8) is 0 Å². The van der Waals surface area contributed by atoms with E-state index in [-0.39, 0.29) is 36.1 Å². The van der Waals surface area contributed by atoms with Crippen LogP contribution in [-0.4, -0.2) is 107 Å². The van der Waals surface area contributed by atoms with E-state index in [1.165, 1.54) is 12.0 Å². The number of benzene rings is 1. The molecular formula is C33H40N4O9. The third-order valence-corrected chi connectivity index (χ3v) is 9.87. The van der Waals surface area contributed by atoms with Crippen LogP contribution in [0.5, 0.6) is 5.75 Å². The van der Waals surface area contributed by atoms with Gasteiger partial charge in [0, 0.05) is 34.4 Å². The number of aliphatic hydroxyl groups excluding tert-OH is 3. The third kappa shape index (κ3) is 4.89. The van der Waals surface area contributed by atoms with Crippen molar-refractivity contribution in [3.8, 4) is 5.75 Å². The second kappa shape index (κ2) is 11.4. The largest absolute Gasteiger partial charge is 0.510 e. The molecule has 1 aromatic rings. The van der Waals surface area contributed by atoms with Gasteiger partial charge in [0.15, 0.2) is 11.4 Å². The van der Waals surface area contributed by atoms with E-state index in [1.807, 2.05) is 4.90 Å². The summed E-state index contributed by atoms with van der Waals surface area (Å²) in [5.74, 6) is -6.99. The average Bonchev–Trinajstić information content (AvgIpc) is 2.96. The van der Waals surface area contributed by atoms with E-state index in [0.29, 0.717) is 11.3 Å². The predicted molar refractivity (Wildman–Crippen MR) is 165 cm³/mol. The zero-order valence-electron chi connectivity index (χ0n) is 26.6. The van der Waals surface area contributed by atoms with Crippen LogP contribution in [-0.2, 0) is 25.6 Å². The Balaban J connectivity index is 1.59. The molecule has 0 spiro atoms. The van der Waals surface area contributed by atoms with Gasteiger partial charge in [0.25, 0.3) is 5.91 Å². The summed E-state index contributed by atoms with van der Waals surface area (Å²) in [5, 5.41) is 48.9. The number of carbonyl (C=O) groups excluding carboxylic acids is 4. The van der Waals surface area contributed by atoms with Gasteiger partial charge >= 0.3 is 0 Å². The lowest BCUT2D eigenvalue weighted by atomic mass is 9.51. The molecule has 13 heteroatoms. The standard InChI is InChI=1S/C33H40N4O9/c1-32-13-17-20(36(2)3)12-19(35-21(38)11-15-7-9-16(46-6)10-8-15)26(39)22(17)27(40)24(32)30(43)33(45)18(14-32)25(37(4)5)28(41)23(29(33)42)31(34)44/h7-10,12,17-18,20,25,39,41,43,45H,11,13-14H2,1-6H3,(H2,34,44)(H,35,38)/t17?,18?,20?,25-,32+,33-/m1/s1. The summed E-state index contributed by atoms with van der Waals surface area (Å²) in [6.45, 7) is 1.73. The van der Waals surface area contributed by atoms with Gasteiger partial charge in [-0.15, -0.1) is 0 Å². The molecule has 7 N–H and O–H groups in total.